The molecule has 0 unspecified atom stereocenters. The maximum absolute atomic E-state index is 13.0. The summed E-state index contributed by atoms with van der Waals surface area (Å²) < 4.78 is 35.1. The van der Waals surface area contributed by atoms with Gasteiger partial charge in [-0.15, -0.1) is 0 Å². The molecule has 0 aliphatic rings. The highest BCUT2D eigenvalue weighted by molar-refractivity contribution is 7.92. The molecule has 0 aliphatic heterocycles. The minimum Gasteiger partial charge on any atom is -0.497 e. The van der Waals surface area contributed by atoms with Crippen molar-refractivity contribution in [2.24, 2.45) is 0 Å². The Hall–Kier alpha value is -4.11. The zero-order valence-electron chi connectivity index (χ0n) is 18.8. The minimum atomic E-state index is -3.88. The number of carbonyl (C=O) groups excluding carboxylic acids is 1. The van der Waals surface area contributed by atoms with Crippen molar-refractivity contribution < 1.29 is 17.9 Å². The zero-order chi connectivity index (χ0) is 24.1. The van der Waals surface area contributed by atoms with Gasteiger partial charge in [0.25, 0.3) is 15.9 Å². The molecule has 174 valence electrons. The SMILES string of the molecule is COc1ccc(NS(=O)(=O)c2cccc(C(=O)N(C)Cc3cnn(-c4ccccc4)c3)c2)cc1. The van der Waals surface area contributed by atoms with Gasteiger partial charge in [-0.25, -0.2) is 13.1 Å². The van der Waals surface area contributed by atoms with Crippen molar-refractivity contribution in [2.45, 2.75) is 11.4 Å². The van der Waals surface area contributed by atoms with Gasteiger partial charge < -0.3 is 9.64 Å². The van der Waals surface area contributed by atoms with Gasteiger partial charge in [0, 0.05) is 36.6 Å². The molecule has 0 radical (unpaired) electrons. The van der Waals surface area contributed by atoms with Crippen LogP contribution in [0.1, 0.15) is 15.9 Å². The first-order valence-corrected chi connectivity index (χ1v) is 12.0. The van der Waals surface area contributed by atoms with Gasteiger partial charge in [0.1, 0.15) is 5.75 Å². The molecule has 4 aromatic rings. The van der Waals surface area contributed by atoms with Crippen LogP contribution in [0.15, 0.2) is 96.2 Å². The highest BCUT2D eigenvalue weighted by atomic mass is 32.2. The summed E-state index contributed by atoms with van der Waals surface area (Å²) in [6.45, 7) is 0.326. The molecule has 9 heteroatoms. The molecule has 0 fully saturated rings. The largest absolute Gasteiger partial charge is 0.497 e. The molecular formula is C25H24N4O4S. The number of methoxy groups -OCH3 is 1. The first-order chi connectivity index (χ1) is 16.4. The minimum absolute atomic E-state index is 0.000495. The van der Waals surface area contributed by atoms with Crippen molar-refractivity contribution in [3.8, 4) is 11.4 Å². The van der Waals surface area contributed by atoms with Gasteiger partial charge in [-0.05, 0) is 54.6 Å². The first-order valence-electron chi connectivity index (χ1n) is 10.5. The van der Waals surface area contributed by atoms with Crippen molar-refractivity contribution in [3.05, 3.63) is 102 Å². The molecule has 0 spiro atoms. The van der Waals surface area contributed by atoms with Crippen LogP contribution in [0.2, 0.25) is 0 Å². The second kappa shape index (κ2) is 9.80. The smallest absolute Gasteiger partial charge is 0.261 e. The number of benzene rings is 3. The quantitative estimate of drug-likeness (QED) is 0.416. The number of anilines is 1. The molecule has 1 aromatic heterocycles. The second-order valence-corrected chi connectivity index (χ2v) is 9.33. The summed E-state index contributed by atoms with van der Waals surface area (Å²) in [7, 11) is -0.674. The van der Waals surface area contributed by atoms with E-state index in [-0.39, 0.29) is 16.4 Å². The summed E-state index contributed by atoms with van der Waals surface area (Å²) in [5, 5.41) is 4.35. The highest BCUT2D eigenvalue weighted by Crippen LogP contribution is 2.21. The summed E-state index contributed by atoms with van der Waals surface area (Å²) in [5.41, 5.74) is 2.44. The molecule has 1 amide bonds. The average molecular weight is 477 g/mol. The van der Waals surface area contributed by atoms with Crippen LogP contribution in [0.5, 0.6) is 5.75 Å². The predicted molar refractivity (Wildman–Crippen MR) is 130 cm³/mol. The summed E-state index contributed by atoms with van der Waals surface area (Å²) in [5.74, 6) is 0.321. The van der Waals surface area contributed by atoms with Crippen LogP contribution in [0.25, 0.3) is 5.69 Å². The van der Waals surface area contributed by atoms with Crippen LogP contribution < -0.4 is 9.46 Å². The third-order valence-electron chi connectivity index (χ3n) is 5.16. The Morgan fingerprint density at radius 3 is 2.47 bits per heavy atom. The Morgan fingerprint density at radius 1 is 1.03 bits per heavy atom. The Balaban J connectivity index is 1.47. The monoisotopic (exact) mass is 476 g/mol. The number of nitrogens with one attached hydrogen (secondary N) is 1. The van der Waals surface area contributed by atoms with E-state index < -0.39 is 10.0 Å². The fraction of sp³-hybridized carbons (Fsp3) is 0.120. The molecule has 4 rings (SSSR count). The van der Waals surface area contributed by atoms with E-state index in [0.29, 0.717) is 18.0 Å². The summed E-state index contributed by atoms with van der Waals surface area (Å²) >= 11 is 0. The third kappa shape index (κ3) is 5.26. The van der Waals surface area contributed by atoms with Crippen LogP contribution in [0.4, 0.5) is 5.69 Å². The van der Waals surface area contributed by atoms with E-state index in [9.17, 15) is 13.2 Å². The first kappa shape index (κ1) is 23.1. The number of amides is 1. The molecule has 0 saturated carbocycles. The molecule has 34 heavy (non-hydrogen) atoms. The second-order valence-electron chi connectivity index (χ2n) is 7.65. The van der Waals surface area contributed by atoms with Crippen LogP contribution in [-0.4, -0.2) is 43.2 Å². The van der Waals surface area contributed by atoms with Crippen LogP contribution in [0.3, 0.4) is 0 Å². The summed E-state index contributed by atoms with van der Waals surface area (Å²) in [6.07, 6.45) is 3.56. The standard InChI is InChI=1S/C25H24N4O4S/c1-28(17-19-16-26-29(18-19)22-8-4-3-5-9-22)25(30)20-7-6-10-24(15-20)34(31,32)27-21-11-13-23(33-2)14-12-21/h3-16,18,27H,17H2,1-2H3. The predicted octanol–water partition coefficient (Wildman–Crippen LogP) is 3.95. The Kier molecular flexibility index (Phi) is 6.65. The van der Waals surface area contributed by atoms with Crippen LogP contribution in [-0.2, 0) is 16.6 Å². The van der Waals surface area contributed by atoms with Gasteiger partial charge in [-0.1, -0.05) is 24.3 Å². The van der Waals surface area contributed by atoms with E-state index in [1.807, 2.05) is 36.5 Å². The number of rotatable bonds is 8. The average Bonchev–Trinajstić information content (AvgIpc) is 3.33. The number of hydrogen-bond donors (Lipinski definition) is 1. The van der Waals surface area contributed by atoms with Gasteiger partial charge in [-0.3, -0.25) is 9.52 Å². The van der Waals surface area contributed by atoms with E-state index in [0.717, 1.165) is 11.3 Å². The van der Waals surface area contributed by atoms with Gasteiger partial charge in [0.15, 0.2) is 0 Å². The van der Waals surface area contributed by atoms with E-state index in [2.05, 4.69) is 9.82 Å². The lowest BCUT2D eigenvalue weighted by Gasteiger charge is -2.17. The molecule has 0 saturated heterocycles. The number of hydrogen-bond acceptors (Lipinski definition) is 5. The molecule has 1 heterocycles. The lowest BCUT2D eigenvalue weighted by molar-refractivity contribution is 0.0785. The molecule has 0 aliphatic carbocycles. The fourth-order valence-electron chi connectivity index (χ4n) is 3.40. The van der Waals surface area contributed by atoms with Crippen LogP contribution in [0, 0.1) is 0 Å². The van der Waals surface area contributed by atoms with Crippen molar-refractivity contribution in [1.82, 2.24) is 14.7 Å². The Morgan fingerprint density at radius 2 is 1.76 bits per heavy atom. The summed E-state index contributed by atoms with van der Waals surface area (Å²) in [6, 6.07) is 22.2. The number of aromatic nitrogens is 2. The molecular weight excluding hydrogens is 452 g/mol. The maximum atomic E-state index is 13.0. The number of para-hydroxylation sites is 1. The molecule has 8 nitrogen and oxygen atoms in total. The molecule has 0 atom stereocenters. The third-order valence-corrected chi connectivity index (χ3v) is 6.54. The number of carbonyl (C=O) groups is 1. The van der Waals surface area contributed by atoms with Crippen molar-refractivity contribution in [2.75, 3.05) is 18.9 Å². The molecule has 3 aromatic carbocycles. The van der Waals surface area contributed by atoms with E-state index >= 15 is 0 Å². The number of ether oxygens (including phenoxy) is 1. The Bertz CT molecular complexity index is 1380. The molecule has 0 bridgehead atoms. The van der Waals surface area contributed by atoms with Crippen LogP contribution >= 0.6 is 0 Å². The van der Waals surface area contributed by atoms with E-state index in [4.69, 9.17) is 4.74 Å². The van der Waals surface area contributed by atoms with Gasteiger partial charge >= 0.3 is 0 Å². The zero-order valence-corrected chi connectivity index (χ0v) is 19.6. The lowest BCUT2D eigenvalue weighted by Crippen LogP contribution is -2.26. The number of sulfonamides is 1. The van der Waals surface area contributed by atoms with Crippen molar-refractivity contribution in [1.29, 1.82) is 0 Å². The Labute approximate surface area is 198 Å². The van der Waals surface area contributed by atoms with Crippen molar-refractivity contribution in [3.63, 3.8) is 0 Å². The molecule has 1 N–H and O–H groups in total. The maximum Gasteiger partial charge on any atom is 0.261 e. The van der Waals surface area contributed by atoms with Crippen molar-refractivity contribution >= 4 is 21.6 Å². The highest BCUT2D eigenvalue weighted by Gasteiger charge is 2.19. The van der Waals surface area contributed by atoms with Gasteiger partial charge in [0.2, 0.25) is 0 Å². The topological polar surface area (TPSA) is 93.5 Å². The normalized spacial score (nSPS) is 11.1. The lowest BCUT2D eigenvalue weighted by atomic mass is 10.2. The number of nitrogens with zero attached hydrogens (tertiary/aromatic N) is 3. The van der Waals surface area contributed by atoms with E-state index in [1.165, 1.54) is 24.1 Å². The van der Waals surface area contributed by atoms with Gasteiger partial charge in [0.05, 0.1) is 23.9 Å². The van der Waals surface area contributed by atoms with E-state index in [1.54, 1.807) is 54.3 Å². The fourth-order valence-corrected chi connectivity index (χ4v) is 4.50. The van der Waals surface area contributed by atoms with Gasteiger partial charge in [-0.2, -0.15) is 5.10 Å². The summed E-state index contributed by atoms with van der Waals surface area (Å²) in [4.78, 5) is 14.5.